The van der Waals surface area contributed by atoms with E-state index in [-0.39, 0.29) is 0 Å². The highest BCUT2D eigenvalue weighted by Gasteiger charge is 2.33. The number of methoxy groups -OCH3 is 1. The quantitative estimate of drug-likeness (QED) is 0.878. The lowest BCUT2D eigenvalue weighted by Crippen LogP contribution is -2.46. The molecule has 4 heteroatoms. The molecule has 3 nitrogen and oxygen atoms in total. The van der Waals surface area contributed by atoms with E-state index in [1.165, 1.54) is 0 Å². The molecule has 0 aromatic heterocycles. The highest BCUT2D eigenvalue weighted by atomic mass is 79.9. The van der Waals surface area contributed by atoms with E-state index in [1.54, 1.807) is 7.11 Å². The zero-order valence-corrected chi connectivity index (χ0v) is 11.6. The molecule has 2 rings (SSSR count). The first-order chi connectivity index (χ1) is 8.13. The van der Waals surface area contributed by atoms with Crippen LogP contribution in [0.4, 0.5) is 0 Å². The van der Waals surface area contributed by atoms with E-state index >= 15 is 0 Å². The maximum Gasteiger partial charge on any atom is 0.123 e. The van der Waals surface area contributed by atoms with Crippen molar-refractivity contribution in [2.24, 2.45) is 0 Å². The maximum absolute atomic E-state index is 9.97. The van der Waals surface area contributed by atoms with E-state index in [9.17, 15) is 5.11 Å². The molecule has 2 N–H and O–H groups in total. The average molecular weight is 300 g/mol. The van der Waals surface area contributed by atoms with Crippen molar-refractivity contribution < 1.29 is 9.84 Å². The van der Waals surface area contributed by atoms with Gasteiger partial charge in [-0.2, -0.15) is 0 Å². The summed E-state index contributed by atoms with van der Waals surface area (Å²) in [5.41, 5.74) is 0.629. The molecule has 0 spiro atoms. The van der Waals surface area contributed by atoms with Gasteiger partial charge in [0, 0.05) is 23.1 Å². The Morgan fingerprint density at radius 2 is 2.24 bits per heavy atom. The second-order valence-corrected chi connectivity index (χ2v) is 5.55. The van der Waals surface area contributed by atoms with Gasteiger partial charge in [-0.15, -0.1) is 0 Å². The molecule has 1 aliphatic rings. The van der Waals surface area contributed by atoms with Crippen molar-refractivity contribution in [3.63, 3.8) is 0 Å². The van der Waals surface area contributed by atoms with Crippen LogP contribution in [0.25, 0.3) is 0 Å². The monoisotopic (exact) mass is 299 g/mol. The molecule has 1 aromatic rings. The molecule has 1 saturated carbocycles. The molecule has 0 radical (unpaired) electrons. The van der Waals surface area contributed by atoms with E-state index in [2.05, 4.69) is 21.2 Å². The zero-order chi connectivity index (χ0) is 12.3. The Hall–Kier alpha value is -0.580. The van der Waals surface area contributed by atoms with Gasteiger partial charge < -0.3 is 15.2 Å². The van der Waals surface area contributed by atoms with Crippen molar-refractivity contribution in [2.45, 2.75) is 31.4 Å². The largest absolute Gasteiger partial charge is 0.496 e. The van der Waals surface area contributed by atoms with Crippen LogP contribution in [0.2, 0.25) is 0 Å². The van der Waals surface area contributed by atoms with Crippen molar-refractivity contribution in [1.82, 2.24) is 5.32 Å². The summed E-state index contributed by atoms with van der Waals surface area (Å²) < 4.78 is 6.34. The third kappa shape index (κ3) is 3.21. The Kier molecular flexibility index (Phi) is 4.07. The minimum Gasteiger partial charge on any atom is -0.496 e. The molecule has 0 heterocycles. The Morgan fingerprint density at radius 1 is 1.47 bits per heavy atom. The number of hydrogen-bond donors (Lipinski definition) is 2. The fourth-order valence-corrected chi connectivity index (χ4v) is 2.49. The SMILES string of the molecule is COc1ccc(Br)cc1CNCC1(O)CCC1. The summed E-state index contributed by atoms with van der Waals surface area (Å²) >= 11 is 3.45. The number of aliphatic hydroxyl groups is 1. The van der Waals surface area contributed by atoms with Gasteiger partial charge in [0.1, 0.15) is 5.75 Å². The fraction of sp³-hybridized carbons (Fsp3) is 0.538. The van der Waals surface area contributed by atoms with Gasteiger partial charge in [-0.05, 0) is 37.5 Å². The van der Waals surface area contributed by atoms with Crippen LogP contribution in [0, 0.1) is 0 Å². The molecular weight excluding hydrogens is 282 g/mol. The highest BCUT2D eigenvalue weighted by molar-refractivity contribution is 9.10. The molecular formula is C13H18BrNO2. The van der Waals surface area contributed by atoms with Crippen molar-refractivity contribution >= 4 is 15.9 Å². The van der Waals surface area contributed by atoms with Crippen LogP contribution >= 0.6 is 15.9 Å². The molecule has 1 fully saturated rings. The first-order valence-corrected chi connectivity index (χ1v) is 6.68. The topological polar surface area (TPSA) is 41.5 Å². The average Bonchev–Trinajstić information content (AvgIpc) is 2.27. The minimum atomic E-state index is -0.473. The van der Waals surface area contributed by atoms with Crippen LogP contribution in [0.15, 0.2) is 22.7 Å². The fourth-order valence-electron chi connectivity index (χ4n) is 2.08. The molecule has 1 aliphatic carbocycles. The highest BCUT2D eigenvalue weighted by Crippen LogP contribution is 2.31. The summed E-state index contributed by atoms with van der Waals surface area (Å²) in [5.74, 6) is 0.876. The van der Waals surface area contributed by atoms with Gasteiger partial charge in [0.25, 0.3) is 0 Å². The number of ether oxygens (including phenoxy) is 1. The van der Waals surface area contributed by atoms with Crippen molar-refractivity contribution in [1.29, 1.82) is 0 Å². The lowest BCUT2D eigenvalue weighted by Gasteiger charge is -2.36. The summed E-state index contributed by atoms with van der Waals surface area (Å²) in [6.07, 6.45) is 2.96. The lowest BCUT2D eigenvalue weighted by atomic mass is 9.80. The molecule has 0 bridgehead atoms. The van der Waals surface area contributed by atoms with Crippen molar-refractivity contribution in [3.8, 4) is 5.75 Å². The second kappa shape index (κ2) is 5.38. The molecule has 94 valence electrons. The van der Waals surface area contributed by atoms with Crippen LogP contribution in [0.5, 0.6) is 5.75 Å². The molecule has 0 atom stereocenters. The summed E-state index contributed by atoms with van der Waals surface area (Å²) in [4.78, 5) is 0. The van der Waals surface area contributed by atoms with Gasteiger partial charge in [-0.1, -0.05) is 15.9 Å². The molecule has 17 heavy (non-hydrogen) atoms. The van der Waals surface area contributed by atoms with E-state index in [0.29, 0.717) is 13.1 Å². The van der Waals surface area contributed by atoms with E-state index in [4.69, 9.17) is 4.74 Å². The van der Waals surface area contributed by atoms with Crippen LogP contribution in [0.1, 0.15) is 24.8 Å². The number of hydrogen-bond acceptors (Lipinski definition) is 3. The molecule has 0 saturated heterocycles. The maximum atomic E-state index is 9.97. The third-order valence-corrected chi connectivity index (χ3v) is 3.79. The Labute approximate surface area is 110 Å². The molecule has 0 aliphatic heterocycles. The Bertz CT molecular complexity index is 391. The minimum absolute atomic E-state index is 0.473. The van der Waals surface area contributed by atoms with Gasteiger partial charge >= 0.3 is 0 Å². The third-order valence-electron chi connectivity index (χ3n) is 3.30. The van der Waals surface area contributed by atoms with Crippen molar-refractivity contribution in [2.75, 3.05) is 13.7 Å². The predicted octanol–water partition coefficient (Wildman–Crippen LogP) is 2.46. The number of rotatable bonds is 5. The standard InChI is InChI=1S/C13H18BrNO2/c1-17-12-4-3-11(14)7-10(12)8-15-9-13(16)5-2-6-13/h3-4,7,15-16H,2,5-6,8-9H2,1H3. The summed E-state index contributed by atoms with van der Waals surface area (Å²) in [6.45, 7) is 1.37. The van der Waals surface area contributed by atoms with Crippen LogP contribution < -0.4 is 10.1 Å². The zero-order valence-electron chi connectivity index (χ0n) is 10.0. The normalized spacial score (nSPS) is 17.6. The van der Waals surface area contributed by atoms with Gasteiger partial charge in [-0.3, -0.25) is 0 Å². The van der Waals surface area contributed by atoms with E-state index in [1.807, 2.05) is 18.2 Å². The molecule has 0 unspecified atom stereocenters. The number of nitrogens with one attached hydrogen (secondary N) is 1. The number of halogens is 1. The van der Waals surface area contributed by atoms with Crippen LogP contribution in [-0.2, 0) is 6.54 Å². The first-order valence-electron chi connectivity index (χ1n) is 5.88. The summed E-state index contributed by atoms with van der Waals surface area (Å²) in [7, 11) is 1.67. The van der Waals surface area contributed by atoms with Crippen LogP contribution in [0.3, 0.4) is 0 Å². The van der Waals surface area contributed by atoms with E-state index in [0.717, 1.165) is 35.0 Å². The number of benzene rings is 1. The van der Waals surface area contributed by atoms with Gasteiger partial charge in [-0.25, -0.2) is 0 Å². The Morgan fingerprint density at radius 3 is 2.82 bits per heavy atom. The molecule has 1 aromatic carbocycles. The summed E-state index contributed by atoms with van der Waals surface area (Å²) in [5, 5.41) is 13.3. The van der Waals surface area contributed by atoms with Crippen molar-refractivity contribution in [3.05, 3.63) is 28.2 Å². The smallest absolute Gasteiger partial charge is 0.123 e. The van der Waals surface area contributed by atoms with Gasteiger partial charge in [0.15, 0.2) is 0 Å². The van der Waals surface area contributed by atoms with Gasteiger partial charge in [0.05, 0.1) is 12.7 Å². The lowest BCUT2D eigenvalue weighted by molar-refractivity contribution is -0.0315. The summed E-state index contributed by atoms with van der Waals surface area (Å²) in [6, 6.07) is 5.94. The second-order valence-electron chi connectivity index (χ2n) is 4.64. The predicted molar refractivity (Wildman–Crippen MR) is 71.2 cm³/mol. The van der Waals surface area contributed by atoms with E-state index < -0.39 is 5.60 Å². The van der Waals surface area contributed by atoms with Crippen LogP contribution in [-0.4, -0.2) is 24.4 Å². The Balaban J connectivity index is 1.91. The van der Waals surface area contributed by atoms with Gasteiger partial charge in [0.2, 0.25) is 0 Å². The molecule has 0 amide bonds. The first kappa shape index (κ1) is 12.9.